The summed E-state index contributed by atoms with van der Waals surface area (Å²) in [6.07, 6.45) is 9.58. The molecule has 0 aromatic carbocycles. The van der Waals surface area contributed by atoms with Crippen molar-refractivity contribution in [2.24, 2.45) is 0 Å². The Labute approximate surface area is 208 Å². The van der Waals surface area contributed by atoms with E-state index in [0.29, 0.717) is 23.2 Å². The van der Waals surface area contributed by atoms with Crippen molar-refractivity contribution in [3.63, 3.8) is 0 Å². The molecular weight excluding hydrogens is 461 g/mol. The zero-order chi connectivity index (χ0) is 24.7. The lowest BCUT2D eigenvalue weighted by Gasteiger charge is -2.33. The van der Waals surface area contributed by atoms with Crippen LogP contribution in [0.4, 0.5) is 4.39 Å². The second-order valence-electron chi connectivity index (χ2n) is 9.37. The molecule has 0 radical (unpaired) electrons. The summed E-state index contributed by atoms with van der Waals surface area (Å²) in [5, 5.41) is 19.3. The number of fused-ring (bicyclic) bond motifs is 1. The van der Waals surface area contributed by atoms with E-state index in [-0.39, 0.29) is 5.03 Å². The Hall–Kier alpha value is -3.22. The molecule has 4 heterocycles. The summed E-state index contributed by atoms with van der Waals surface area (Å²) >= 11 is 1.21. The summed E-state index contributed by atoms with van der Waals surface area (Å²) in [6.45, 7) is 4.15. The van der Waals surface area contributed by atoms with Gasteiger partial charge in [0.2, 0.25) is 0 Å². The number of hydrogen-bond acceptors (Lipinski definition) is 6. The molecule has 1 saturated carbocycles. The molecular formula is C26H28FN7S. The first-order chi connectivity index (χ1) is 16.9. The second-order valence-corrected chi connectivity index (χ2v) is 10.4. The fourth-order valence-corrected chi connectivity index (χ4v) is 6.16. The van der Waals surface area contributed by atoms with Gasteiger partial charge in [-0.2, -0.15) is 15.5 Å². The van der Waals surface area contributed by atoms with Gasteiger partial charge in [-0.3, -0.25) is 4.68 Å². The van der Waals surface area contributed by atoms with Gasteiger partial charge >= 0.3 is 0 Å². The number of nitriles is 1. The lowest BCUT2D eigenvalue weighted by molar-refractivity contribution is 0.188. The van der Waals surface area contributed by atoms with E-state index in [1.165, 1.54) is 17.8 Å². The molecule has 180 valence electrons. The Kier molecular flexibility index (Phi) is 6.34. The van der Waals surface area contributed by atoms with Gasteiger partial charge in [0, 0.05) is 40.2 Å². The standard InChI is InChI=1S/C26H28FN7S/c1-16-24(17(2)34(31-16)21-9-7-20(8-10-21)32(3)4)18-12-23(35-26-22(27)6-5-11-29-26)25-19(13-28)14-30-33(25)15-18/h5-6,11-12,14-15,20-21H,7-10H2,1-4H3/t20-,21+. The van der Waals surface area contributed by atoms with Gasteiger partial charge in [-0.05, 0) is 71.8 Å². The first-order valence-electron chi connectivity index (χ1n) is 11.8. The van der Waals surface area contributed by atoms with Crippen molar-refractivity contribution >= 4 is 17.3 Å². The third-order valence-corrected chi connectivity index (χ3v) is 8.01. The third kappa shape index (κ3) is 4.32. The molecule has 4 aromatic heterocycles. The monoisotopic (exact) mass is 489 g/mol. The van der Waals surface area contributed by atoms with Gasteiger partial charge in [-0.1, -0.05) is 11.8 Å². The molecule has 35 heavy (non-hydrogen) atoms. The van der Waals surface area contributed by atoms with Crippen LogP contribution in [0.1, 0.15) is 48.7 Å². The quantitative estimate of drug-likeness (QED) is 0.373. The molecule has 0 N–H and O–H groups in total. The summed E-state index contributed by atoms with van der Waals surface area (Å²) in [5.74, 6) is -0.396. The van der Waals surface area contributed by atoms with E-state index in [9.17, 15) is 9.65 Å². The molecule has 0 saturated heterocycles. The molecule has 0 atom stereocenters. The highest BCUT2D eigenvalue weighted by Crippen LogP contribution is 2.39. The lowest BCUT2D eigenvalue weighted by atomic mass is 9.90. The number of aromatic nitrogens is 5. The molecule has 9 heteroatoms. The van der Waals surface area contributed by atoms with Gasteiger partial charge in [0.25, 0.3) is 0 Å². The maximum atomic E-state index is 14.4. The molecule has 7 nitrogen and oxygen atoms in total. The van der Waals surface area contributed by atoms with Crippen LogP contribution in [0.5, 0.6) is 0 Å². The van der Waals surface area contributed by atoms with Crippen LogP contribution < -0.4 is 0 Å². The van der Waals surface area contributed by atoms with Crippen molar-refractivity contribution < 1.29 is 4.39 Å². The van der Waals surface area contributed by atoms with Gasteiger partial charge in [0.1, 0.15) is 11.1 Å². The first-order valence-corrected chi connectivity index (χ1v) is 12.6. The lowest BCUT2D eigenvalue weighted by Crippen LogP contribution is -2.33. The van der Waals surface area contributed by atoms with Crippen molar-refractivity contribution in [1.82, 2.24) is 29.3 Å². The molecule has 0 spiro atoms. The highest BCUT2D eigenvalue weighted by atomic mass is 32.2. The normalized spacial score (nSPS) is 18.3. The fraction of sp³-hybridized carbons (Fsp3) is 0.385. The maximum Gasteiger partial charge on any atom is 0.155 e. The van der Waals surface area contributed by atoms with E-state index in [1.54, 1.807) is 23.0 Å². The Bertz CT molecular complexity index is 1420. The van der Waals surface area contributed by atoms with Crippen LogP contribution in [0, 0.1) is 31.0 Å². The molecule has 1 aliphatic rings. The SMILES string of the molecule is Cc1nn([C@H]2CC[C@@H](N(C)C)CC2)c(C)c1-c1cc(Sc2ncccc2F)c2c(C#N)cnn2c1. The van der Waals surface area contributed by atoms with Crippen LogP contribution in [0.25, 0.3) is 16.6 Å². The Balaban J connectivity index is 1.57. The van der Waals surface area contributed by atoms with Crippen LogP contribution >= 0.6 is 11.8 Å². The highest BCUT2D eigenvalue weighted by molar-refractivity contribution is 7.99. The average molecular weight is 490 g/mol. The van der Waals surface area contributed by atoms with E-state index in [2.05, 4.69) is 46.8 Å². The molecule has 4 aromatic rings. The van der Waals surface area contributed by atoms with E-state index in [1.807, 2.05) is 19.2 Å². The van der Waals surface area contributed by atoms with Crippen LogP contribution in [0.15, 0.2) is 46.7 Å². The van der Waals surface area contributed by atoms with Crippen LogP contribution in [-0.2, 0) is 0 Å². The van der Waals surface area contributed by atoms with Crippen LogP contribution in [0.2, 0.25) is 0 Å². The molecule has 0 bridgehead atoms. The topological polar surface area (TPSA) is 75.0 Å². The molecule has 1 fully saturated rings. The fourth-order valence-electron chi connectivity index (χ4n) is 5.19. The number of nitrogens with zero attached hydrogens (tertiary/aromatic N) is 7. The molecule has 0 amide bonds. The maximum absolute atomic E-state index is 14.4. The van der Waals surface area contributed by atoms with E-state index in [4.69, 9.17) is 5.10 Å². The van der Waals surface area contributed by atoms with E-state index < -0.39 is 5.82 Å². The summed E-state index contributed by atoms with van der Waals surface area (Å²) < 4.78 is 18.3. The van der Waals surface area contributed by atoms with Gasteiger partial charge in [-0.15, -0.1) is 0 Å². The Morgan fingerprint density at radius 3 is 2.66 bits per heavy atom. The molecule has 5 rings (SSSR count). The van der Waals surface area contributed by atoms with Gasteiger partial charge < -0.3 is 4.90 Å². The van der Waals surface area contributed by atoms with E-state index in [0.717, 1.165) is 53.1 Å². The van der Waals surface area contributed by atoms with Crippen molar-refractivity contribution in [3.8, 4) is 17.2 Å². The predicted octanol–water partition coefficient (Wildman–Crippen LogP) is 5.42. The van der Waals surface area contributed by atoms with Gasteiger partial charge in [0.05, 0.1) is 29.0 Å². The number of aryl methyl sites for hydroxylation is 1. The first kappa shape index (κ1) is 23.5. The van der Waals surface area contributed by atoms with E-state index >= 15 is 0 Å². The Morgan fingerprint density at radius 2 is 1.97 bits per heavy atom. The average Bonchev–Trinajstić information content (AvgIpc) is 3.40. The smallest absolute Gasteiger partial charge is 0.155 e. The number of halogens is 1. The molecule has 1 aliphatic carbocycles. The second kappa shape index (κ2) is 9.44. The largest absolute Gasteiger partial charge is 0.306 e. The van der Waals surface area contributed by atoms with Gasteiger partial charge in [-0.25, -0.2) is 13.9 Å². The van der Waals surface area contributed by atoms with Crippen molar-refractivity contribution in [2.45, 2.75) is 61.5 Å². The minimum absolute atomic E-state index is 0.262. The summed E-state index contributed by atoms with van der Waals surface area (Å²) in [5.41, 5.74) is 5.14. The Morgan fingerprint density at radius 1 is 1.20 bits per heavy atom. The van der Waals surface area contributed by atoms with Crippen LogP contribution in [0.3, 0.4) is 0 Å². The van der Waals surface area contributed by atoms with Crippen molar-refractivity contribution in [3.05, 3.63) is 59.6 Å². The van der Waals surface area contributed by atoms with Crippen LogP contribution in [-0.4, -0.2) is 49.4 Å². The minimum atomic E-state index is -0.396. The summed E-state index contributed by atoms with van der Waals surface area (Å²) in [6, 6.07) is 8.17. The number of rotatable bonds is 5. The van der Waals surface area contributed by atoms with Crippen molar-refractivity contribution in [1.29, 1.82) is 5.26 Å². The third-order valence-electron chi connectivity index (χ3n) is 6.98. The van der Waals surface area contributed by atoms with Crippen molar-refractivity contribution in [2.75, 3.05) is 14.1 Å². The number of pyridine rings is 2. The molecule has 0 unspecified atom stereocenters. The van der Waals surface area contributed by atoms with Gasteiger partial charge in [0.15, 0.2) is 5.82 Å². The zero-order valence-electron chi connectivity index (χ0n) is 20.4. The zero-order valence-corrected chi connectivity index (χ0v) is 21.2. The molecule has 0 aliphatic heterocycles. The number of hydrogen-bond donors (Lipinski definition) is 0. The summed E-state index contributed by atoms with van der Waals surface area (Å²) in [7, 11) is 4.31. The predicted molar refractivity (Wildman–Crippen MR) is 134 cm³/mol. The minimum Gasteiger partial charge on any atom is -0.306 e. The summed E-state index contributed by atoms with van der Waals surface area (Å²) in [4.78, 5) is 7.25. The highest BCUT2D eigenvalue weighted by Gasteiger charge is 2.27.